The van der Waals surface area contributed by atoms with Crippen LogP contribution in [0.4, 0.5) is 0 Å². The standard InChI is InChI=1S/C10H9N3O2/c1-7(14)8-2-4-9(5-3-8)13-10(15)11-6-12-13/h2-6H,1H3,(H,11,12,15). The zero-order valence-corrected chi connectivity index (χ0v) is 8.10. The van der Waals surface area contributed by atoms with Crippen molar-refractivity contribution in [3.8, 4) is 5.69 Å². The second-order valence-corrected chi connectivity index (χ2v) is 3.11. The topological polar surface area (TPSA) is 67.8 Å². The van der Waals surface area contributed by atoms with Gasteiger partial charge in [-0.3, -0.25) is 9.78 Å². The first-order chi connectivity index (χ1) is 7.18. The largest absolute Gasteiger partial charge is 0.347 e. The summed E-state index contributed by atoms with van der Waals surface area (Å²) in [6.07, 6.45) is 1.32. The molecule has 0 saturated heterocycles. The number of aromatic nitrogens is 3. The van der Waals surface area contributed by atoms with Gasteiger partial charge in [0.25, 0.3) is 0 Å². The van der Waals surface area contributed by atoms with Gasteiger partial charge in [-0.05, 0) is 31.2 Å². The highest BCUT2D eigenvalue weighted by Crippen LogP contribution is 2.06. The van der Waals surface area contributed by atoms with Gasteiger partial charge in [-0.15, -0.1) is 0 Å². The van der Waals surface area contributed by atoms with Crippen molar-refractivity contribution in [3.05, 3.63) is 46.6 Å². The molecule has 0 amide bonds. The van der Waals surface area contributed by atoms with Crippen molar-refractivity contribution in [2.75, 3.05) is 0 Å². The van der Waals surface area contributed by atoms with Crippen LogP contribution in [0.15, 0.2) is 35.4 Å². The predicted molar refractivity (Wildman–Crippen MR) is 54.2 cm³/mol. The van der Waals surface area contributed by atoms with Crippen LogP contribution in [-0.2, 0) is 0 Å². The number of H-pyrrole nitrogens is 1. The van der Waals surface area contributed by atoms with E-state index >= 15 is 0 Å². The van der Waals surface area contributed by atoms with Gasteiger partial charge in [-0.2, -0.15) is 9.78 Å². The van der Waals surface area contributed by atoms with E-state index in [0.717, 1.165) is 0 Å². The number of carbonyl (C=O) groups excluding carboxylic acids is 1. The van der Waals surface area contributed by atoms with Gasteiger partial charge in [0.1, 0.15) is 6.33 Å². The van der Waals surface area contributed by atoms with Crippen LogP contribution < -0.4 is 5.69 Å². The van der Waals surface area contributed by atoms with Crippen LogP contribution in [0.5, 0.6) is 0 Å². The molecule has 0 unspecified atom stereocenters. The summed E-state index contributed by atoms with van der Waals surface area (Å²) in [5.41, 5.74) is 0.944. The van der Waals surface area contributed by atoms with E-state index in [1.165, 1.54) is 17.9 Å². The smallest absolute Gasteiger partial charge is 0.295 e. The molecule has 0 aliphatic heterocycles. The first kappa shape index (κ1) is 9.39. The van der Waals surface area contributed by atoms with Gasteiger partial charge < -0.3 is 0 Å². The molecule has 1 heterocycles. The molecule has 5 heteroatoms. The zero-order chi connectivity index (χ0) is 10.8. The quantitative estimate of drug-likeness (QED) is 0.733. The zero-order valence-electron chi connectivity index (χ0n) is 8.10. The van der Waals surface area contributed by atoms with Crippen molar-refractivity contribution in [2.24, 2.45) is 0 Å². The molecule has 0 bridgehead atoms. The number of carbonyl (C=O) groups is 1. The lowest BCUT2D eigenvalue weighted by atomic mass is 10.1. The lowest BCUT2D eigenvalue weighted by Crippen LogP contribution is -2.15. The highest BCUT2D eigenvalue weighted by molar-refractivity contribution is 5.94. The molecule has 0 atom stereocenters. The Bertz CT molecular complexity index is 536. The first-order valence-electron chi connectivity index (χ1n) is 4.42. The Morgan fingerprint density at radius 2 is 2.00 bits per heavy atom. The van der Waals surface area contributed by atoms with Crippen LogP contribution in [0.25, 0.3) is 5.69 Å². The number of rotatable bonds is 2. The Hall–Kier alpha value is -2.17. The minimum atomic E-state index is -0.300. The third kappa shape index (κ3) is 1.71. The summed E-state index contributed by atoms with van der Waals surface area (Å²) in [5, 5.41) is 3.82. The van der Waals surface area contributed by atoms with Crippen molar-refractivity contribution < 1.29 is 4.79 Å². The molecule has 0 aliphatic rings. The molecule has 1 N–H and O–H groups in total. The Labute approximate surface area is 85.4 Å². The van der Waals surface area contributed by atoms with Crippen molar-refractivity contribution in [1.82, 2.24) is 14.8 Å². The second kappa shape index (κ2) is 3.53. The molecule has 15 heavy (non-hydrogen) atoms. The number of hydrogen-bond acceptors (Lipinski definition) is 3. The van der Waals surface area contributed by atoms with Crippen molar-refractivity contribution >= 4 is 5.78 Å². The maximum Gasteiger partial charge on any atom is 0.347 e. The van der Waals surface area contributed by atoms with E-state index in [-0.39, 0.29) is 11.5 Å². The Balaban J connectivity index is 2.44. The number of nitrogens with zero attached hydrogens (tertiary/aromatic N) is 2. The summed E-state index contributed by atoms with van der Waals surface area (Å²) in [6.45, 7) is 1.50. The monoisotopic (exact) mass is 203 g/mol. The van der Waals surface area contributed by atoms with Crippen molar-refractivity contribution in [2.45, 2.75) is 6.92 Å². The molecule has 5 nitrogen and oxygen atoms in total. The van der Waals surface area contributed by atoms with E-state index < -0.39 is 0 Å². The lowest BCUT2D eigenvalue weighted by Gasteiger charge is -1.99. The van der Waals surface area contributed by atoms with E-state index in [0.29, 0.717) is 11.3 Å². The average molecular weight is 203 g/mol. The predicted octanol–water partition coefficient (Wildman–Crippen LogP) is 0.763. The number of ketones is 1. The van der Waals surface area contributed by atoms with Crippen LogP contribution in [0.1, 0.15) is 17.3 Å². The second-order valence-electron chi connectivity index (χ2n) is 3.11. The van der Waals surface area contributed by atoms with E-state index in [4.69, 9.17) is 0 Å². The minimum Gasteiger partial charge on any atom is -0.295 e. The van der Waals surface area contributed by atoms with Gasteiger partial charge in [0, 0.05) is 5.56 Å². The summed E-state index contributed by atoms with van der Waals surface area (Å²) in [6, 6.07) is 6.69. The van der Waals surface area contributed by atoms with Gasteiger partial charge in [-0.1, -0.05) is 0 Å². The van der Waals surface area contributed by atoms with Crippen LogP contribution >= 0.6 is 0 Å². The van der Waals surface area contributed by atoms with E-state index in [1.54, 1.807) is 24.3 Å². The van der Waals surface area contributed by atoms with Crippen LogP contribution in [-0.4, -0.2) is 20.5 Å². The maximum absolute atomic E-state index is 11.2. The fourth-order valence-corrected chi connectivity index (χ4v) is 1.28. The summed E-state index contributed by atoms with van der Waals surface area (Å²) in [4.78, 5) is 24.7. The third-order valence-corrected chi connectivity index (χ3v) is 2.07. The molecule has 2 aromatic rings. The number of Topliss-reactive ketones (excluding diaryl/α,β-unsaturated/α-hetero) is 1. The van der Waals surface area contributed by atoms with Crippen LogP contribution in [0, 0.1) is 0 Å². The summed E-state index contributed by atoms with van der Waals surface area (Å²) in [5.74, 6) is -0.00377. The average Bonchev–Trinajstić information content (AvgIpc) is 2.65. The number of hydrogen-bond donors (Lipinski definition) is 1. The minimum absolute atomic E-state index is 0.00377. The van der Waals surface area contributed by atoms with Gasteiger partial charge in [-0.25, -0.2) is 4.79 Å². The molecule has 0 radical (unpaired) electrons. The van der Waals surface area contributed by atoms with E-state index in [1.807, 2.05) is 0 Å². The van der Waals surface area contributed by atoms with Crippen molar-refractivity contribution in [1.29, 1.82) is 0 Å². The van der Waals surface area contributed by atoms with Gasteiger partial charge in [0.2, 0.25) is 0 Å². The molecule has 76 valence electrons. The van der Waals surface area contributed by atoms with E-state index in [2.05, 4.69) is 10.1 Å². The Morgan fingerprint density at radius 1 is 1.33 bits per heavy atom. The van der Waals surface area contributed by atoms with Gasteiger partial charge >= 0.3 is 5.69 Å². The molecular formula is C10H9N3O2. The fourth-order valence-electron chi connectivity index (χ4n) is 1.28. The summed E-state index contributed by atoms with van der Waals surface area (Å²) < 4.78 is 1.23. The molecule has 0 saturated carbocycles. The summed E-state index contributed by atoms with van der Waals surface area (Å²) in [7, 11) is 0. The Kier molecular flexibility index (Phi) is 2.21. The molecule has 1 aromatic carbocycles. The summed E-state index contributed by atoms with van der Waals surface area (Å²) >= 11 is 0. The highest BCUT2D eigenvalue weighted by Gasteiger charge is 2.02. The van der Waals surface area contributed by atoms with Gasteiger partial charge in [0.05, 0.1) is 5.69 Å². The first-order valence-corrected chi connectivity index (χ1v) is 4.42. The fraction of sp³-hybridized carbons (Fsp3) is 0.100. The van der Waals surface area contributed by atoms with Crippen molar-refractivity contribution in [3.63, 3.8) is 0 Å². The number of aromatic amines is 1. The van der Waals surface area contributed by atoms with E-state index in [9.17, 15) is 9.59 Å². The lowest BCUT2D eigenvalue weighted by molar-refractivity contribution is 0.101. The van der Waals surface area contributed by atoms with Gasteiger partial charge in [0.15, 0.2) is 5.78 Å². The normalized spacial score (nSPS) is 10.2. The highest BCUT2D eigenvalue weighted by atomic mass is 16.1. The Morgan fingerprint density at radius 3 is 2.47 bits per heavy atom. The molecular weight excluding hydrogens is 194 g/mol. The molecule has 1 aromatic heterocycles. The molecule has 0 aliphatic carbocycles. The van der Waals surface area contributed by atoms with Crippen LogP contribution in [0.3, 0.4) is 0 Å². The SMILES string of the molecule is CC(=O)c1ccc(-n2nc[nH]c2=O)cc1. The number of nitrogens with one attached hydrogen (secondary N) is 1. The molecule has 0 spiro atoms. The maximum atomic E-state index is 11.2. The third-order valence-electron chi connectivity index (χ3n) is 2.07. The van der Waals surface area contributed by atoms with Crippen LogP contribution in [0.2, 0.25) is 0 Å². The molecule has 2 rings (SSSR count). The number of benzene rings is 1. The molecule has 0 fully saturated rings.